The molecule has 0 saturated heterocycles. The van der Waals surface area contributed by atoms with E-state index in [1.807, 2.05) is 32.9 Å². The highest BCUT2D eigenvalue weighted by Gasteiger charge is 2.37. The minimum absolute atomic E-state index is 0.0414. The molecule has 1 atom stereocenters. The van der Waals surface area contributed by atoms with Gasteiger partial charge in [0.05, 0.1) is 28.5 Å². The zero-order valence-corrected chi connectivity index (χ0v) is 29.7. The van der Waals surface area contributed by atoms with Gasteiger partial charge in [0.15, 0.2) is 0 Å². The average Bonchev–Trinajstić information content (AvgIpc) is 3.06. The minimum Gasteiger partial charge on any atom is -0.351 e. The van der Waals surface area contributed by atoms with Gasteiger partial charge in [0.25, 0.3) is 16.0 Å². The zero-order chi connectivity index (χ0) is 40.2. The van der Waals surface area contributed by atoms with Gasteiger partial charge in [-0.2, -0.15) is 34.8 Å². The van der Waals surface area contributed by atoms with E-state index in [0.717, 1.165) is 5.56 Å². The summed E-state index contributed by atoms with van der Waals surface area (Å²) in [4.78, 5) is 26.2. The third-order valence-corrected chi connectivity index (χ3v) is 8.67. The highest BCUT2D eigenvalue weighted by Crippen LogP contribution is 2.40. The van der Waals surface area contributed by atoms with Crippen LogP contribution in [0.25, 0.3) is 17.2 Å². The van der Waals surface area contributed by atoms with Crippen molar-refractivity contribution in [3.8, 4) is 11.1 Å². The molecule has 0 heterocycles. The number of amides is 2. The molecule has 0 aromatic heterocycles. The summed E-state index contributed by atoms with van der Waals surface area (Å²) in [5, 5.41) is 4.62. The van der Waals surface area contributed by atoms with E-state index in [1.54, 1.807) is 24.3 Å². The number of anilines is 1. The van der Waals surface area contributed by atoms with Gasteiger partial charge in [-0.1, -0.05) is 69.3 Å². The van der Waals surface area contributed by atoms with Crippen LogP contribution in [0.15, 0.2) is 84.9 Å². The first-order chi connectivity index (χ1) is 24.9. The molecule has 4 aromatic rings. The number of hydrogen-bond donors (Lipinski definition) is 3. The molecule has 0 saturated carbocycles. The summed E-state index contributed by atoms with van der Waals surface area (Å²) >= 11 is 0. The molecule has 1 unspecified atom stereocenters. The largest absolute Gasteiger partial charge is 0.416 e. The maximum absolute atomic E-state index is 15.4. The Morgan fingerprint density at radius 1 is 0.796 bits per heavy atom. The molecular formula is C38H34F8N2O5S. The van der Waals surface area contributed by atoms with E-state index in [1.165, 1.54) is 24.3 Å². The van der Waals surface area contributed by atoms with Crippen LogP contribution in [0.5, 0.6) is 0 Å². The predicted octanol–water partition coefficient (Wildman–Crippen LogP) is 9.31. The van der Waals surface area contributed by atoms with Gasteiger partial charge in [0.2, 0.25) is 5.91 Å². The topological polar surface area (TPSA) is 113 Å². The molecule has 4 rings (SSSR count). The number of carbonyl (C=O) groups excluding carboxylic acids is 2. The fourth-order valence-corrected chi connectivity index (χ4v) is 5.53. The normalized spacial score (nSPS) is 13.2. The highest BCUT2D eigenvalue weighted by atomic mass is 32.2. The number of alkyl halides is 6. The lowest BCUT2D eigenvalue weighted by molar-refractivity contribution is -0.143. The predicted molar refractivity (Wildman–Crippen MR) is 187 cm³/mol. The number of nitrogens with one attached hydrogen (secondary N) is 2. The zero-order valence-electron chi connectivity index (χ0n) is 28.9. The molecule has 54 heavy (non-hydrogen) atoms. The quantitative estimate of drug-likeness (QED) is 0.104. The second-order valence-electron chi connectivity index (χ2n) is 13.5. The number of benzene rings is 4. The minimum atomic E-state index is -5.23. The first-order valence-corrected chi connectivity index (χ1v) is 17.7. The van der Waals surface area contributed by atoms with Crippen LogP contribution >= 0.6 is 0 Å². The molecule has 3 N–H and O–H groups in total. The van der Waals surface area contributed by atoms with Crippen molar-refractivity contribution in [2.45, 2.75) is 45.5 Å². The maximum atomic E-state index is 15.4. The van der Waals surface area contributed by atoms with E-state index >= 15 is 8.78 Å². The van der Waals surface area contributed by atoms with Crippen LogP contribution < -0.4 is 10.6 Å². The third kappa shape index (κ3) is 11.7. The van der Waals surface area contributed by atoms with Crippen molar-refractivity contribution in [3.63, 3.8) is 0 Å². The van der Waals surface area contributed by atoms with Gasteiger partial charge >= 0.3 is 12.4 Å². The van der Waals surface area contributed by atoms with Crippen molar-refractivity contribution in [2.75, 3.05) is 17.6 Å². The van der Waals surface area contributed by atoms with E-state index in [4.69, 9.17) is 4.55 Å². The van der Waals surface area contributed by atoms with E-state index in [-0.39, 0.29) is 42.1 Å². The van der Waals surface area contributed by atoms with Crippen molar-refractivity contribution in [2.24, 2.45) is 5.41 Å². The number of allylic oxidation sites excluding steroid dienone is 1. The molecule has 0 aliphatic carbocycles. The van der Waals surface area contributed by atoms with Gasteiger partial charge in [0.1, 0.15) is 11.6 Å². The molecule has 288 valence electrons. The molecule has 0 spiro atoms. The third-order valence-electron chi connectivity index (χ3n) is 7.95. The number of halogens is 8. The van der Waals surface area contributed by atoms with Crippen LogP contribution in [0.3, 0.4) is 0 Å². The summed E-state index contributed by atoms with van der Waals surface area (Å²) in [6, 6.07) is 13.8. The molecule has 0 aliphatic heterocycles. The second kappa shape index (κ2) is 16.1. The standard InChI is InChI=1S/C38H34F8N2O5S/c1-36(2,3)13-12-22-4-8-24(9-5-22)30(16-23-6-10-25(11-7-23)34(49)47-14-15-54(51,52)53)35(50)48-33-21-31(39)29(20-32(33)40)26-17-27(37(41,42)43)19-28(18-26)38(44,45)46/h4-13,17-21,30H,14-16H2,1-3H3,(H,47,49)(H,48,50)(H,51,52,53)/b13-12+. The lowest BCUT2D eigenvalue weighted by Crippen LogP contribution is -2.28. The van der Waals surface area contributed by atoms with Gasteiger partial charge in [-0.3, -0.25) is 14.1 Å². The summed E-state index contributed by atoms with van der Waals surface area (Å²) in [5.41, 5.74) is -4.22. The van der Waals surface area contributed by atoms with Crippen molar-refractivity contribution >= 4 is 33.7 Å². The second-order valence-corrected chi connectivity index (χ2v) is 15.0. The summed E-state index contributed by atoms with van der Waals surface area (Å²) < 4.78 is 142. The molecule has 4 aromatic carbocycles. The summed E-state index contributed by atoms with van der Waals surface area (Å²) in [6.07, 6.45) is -6.65. The Morgan fingerprint density at radius 3 is 1.89 bits per heavy atom. The smallest absolute Gasteiger partial charge is 0.351 e. The van der Waals surface area contributed by atoms with Crippen molar-refractivity contribution in [1.82, 2.24) is 5.32 Å². The lowest BCUT2D eigenvalue weighted by atomic mass is 9.89. The Bertz CT molecular complexity index is 2110. The Kier molecular flexibility index (Phi) is 12.4. The molecule has 0 aliphatic rings. The Hall–Kier alpha value is -5.09. The molecule has 7 nitrogen and oxygen atoms in total. The molecule has 0 radical (unpaired) electrons. The van der Waals surface area contributed by atoms with Gasteiger partial charge in [-0.05, 0) is 70.5 Å². The van der Waals surface area contributed by atoms with E-state index in [2.05, 4.69) is 10.6 Å². The summed E-state index contributed by atoms with van der Waals surface area (Å²) in [6.45, 7) is 5.65. The van der Waals surface area contributed by atoms with Crippen LogP contribution in [0.4, 0.5) is 40.8 Å². The van der Waals surface area contributed by atoms with Crippen LogP contribution in [0.1, 0.15) is 64.9 Å². The molecule has 16 heteroatoms. The molecule has 2 amide bonds. The maximum Gasteiger partial charge on any atom is 0.416 e. The summed E-state index contributed by atoms with van der Waals surface area (Å²) in [7, 11) is -4.30. The van der Waals surface area contributed by atoms with Crippen LogP contribution in [-0.4, -0.2) is 37.1 Å². The van der Waals surface area contributed by atoms with Crippen LogP contribution in [-0.2, 0) is 33.7 Å². The summed E-state index contributed by atoms with van der Waals surface area (Å²) in [5.74, 6) is -5.99. The number of hydrogen-bond acceptors (Lipinski definition) is 4. The van der Waals surface area contributed by atoms with Crippen molar-refractivity contribution in [3.05, 3.63) is 130 Å². The fourth-order valence-electron chi connectivity index (χ4n) is 5.17. The lowest BCUT2D eigenvalue weighted by Gasteiger charge is -2.19. The SMILES string of the molecule is CC(C)(C)/C=C/c1ccc(C(Cc2ccc(C(=O)NCCS(=O)(=O)O)cc2)C(=O)Nc2cc(F)c(-c3cc(C(F)(F)F)cc(C(F)(F)F)c3)cc2F)cc1. The Balaban J connectivity index is 1.65. The highest BCUT2D eigenvalue weighted by molar-refractivity contribution is 7.85. The first kappa shape index (κ1) is 41.7. The average molecular weight is 783 g/mol. The first-order valence-electron chi connectivity index (χ1n) is 16.1. The van der Waals surface area contributed by atoms with Crippen molar-refractivity contribution in [1.29, 1.82) is 0 Å². The van der Waals surface area contributed by atoms with Gasteiger partial charge < -0.3 is 10.6 Å². The van der Waals surface area contributed by atoms with Gasteiger partial charge in [-0.15, -0.1) is 0 Å². The Morgan fingerprint density at radius 2 is 1.37 bits per heavy atom. The monoisotopic (exact) mass is 782 g/mol. The van der Waals surface area contributed by atoms with Gasteiger partial charge in [-0.25, -0.2) is 8.78 Å². The molecule has 0 bridgehead atoms. The van der Waals surface area contributed by atoms with Crippen molar-refractivity contribution < 1.29 is 57.7 Å². The van der Waals surface area contributed by atoms with E-state index < -0.39 is 85.5 Å². The number of carbonyl (C=O) groups is 2. The molecular weight excluding hydrogens is 748 g/mol. The molecule has 0 fully saturated rings. The van der Waals surface area contributed by atoms with E-state index in [0.29, 0.717) is 23.3 Å². The van der Waals surface area contributed by atoms with Crippen LogP contribution in [0, 0.1) is 17.0 Å². The number of rotatable bonds is 11. The van der Waals surface area contributed by atoms with Crippen LogP contribution in [0.2, 0.25) is 0 Å². The Labute approximate surface area is 305 Å². The van der Waals surface area contributed by atoms with E-state index in [9.17, 15) is 44.3 Å². The van der Waals surface area contributed by atoms with Gasteiger partial charge in [0, 0.05) is 23.7 Å². The fraction of sp³-hybridized carbons (Fsp3) is 0.263.